The molecule has 0 saturated heterocycles. The second-order valence-electron chi connectivity index (χ2n) is 4.08. The first-order valence-corrected chi connectivity index (χ1v) is 5.69. The molecule has 17 heavy (non-hydrogen) atoms. The molecule has 90 valence electrons. The zero-order valence-corrected chi connectivity index (χ0v) is 9.89. The smallest absolute Gasteiger partial charge is 0.133 e. The van der Waals surface area contributed by atoms with Gasteiger partial charge in [0.25, 0.3) is 0 Å². The molecule has 4 heteroatoms. The highest BCUT2D eigenvalue weighted by molar-refractivity contribution is 5.18. The molecule has 0 aliphatic rings. The van der Waals surface area contributed by atoms with Crippen molar-refractivity contribution in [2.24, 2.45) is 5.73 Å². The molecule has 0 aliphatic heterocycles. The van der Waals surface area contributed by atoms with Crippen molar-refractivity contribution < 1.29 is 4.52 Å². The van der Waals surface area contributed by atoms with Crippen LogP contribution < -0.4 is 11.1 Å². The first-order valence-electron chi connectivity index (χ1n) is 5.69. The highest BCUT2D eigenvalue weighted by Crippen LogP contribution is 2.08. The summed E-state index contributed by atoms with van der Waals surface area (Å²) in [5.74, 6) is 0.828. The van der Waals surface area contributed by atoms with Crippen LogP contribution in [0.15, 0.2) is 40.9 Å². The van der Waals surface area contributed by atoms with Crippen molar-refractivity contribution in [2.75, 3.05) is 6.54 Å². The lowest BCUT2D eigenvalue weighted by Crippen LogP contribution is -2.26. The Labute approximate surface area is 101 Å². The molecular formula is C13H17N3O. The Kier molecular flexibility index (Phi) is 3.90. The lowest BCUT2D eigenvalue weighted by atomic mass is 10.1. The van der Waals surface area contributed by atoms with Crippen molar-refractivity contribution in [2.45, 2.75) is 19.5 Å². The molecule has 1 aromatic heterocycles. The minimum absolute atomic E-state index is 0.00389. The van der Waals surface area contributed by atoms with Crippen molar-refractivity contribution in [1.82, 2.24) is 10.5 Å². The maximum Gasteiger partial charge on any atom is 0.133 e. The van der Waals surface area contributed by atoms with Gasteiger partial charge in [0.1, 0.15) is 5.76 Å². The van der Waals surface area contributed by atoms with E-state index in [1.807, 2.05) is 43.3 Å². The number of hydrogen-bond acceptors (Lipinski definition) is 4. The topological polar surface area (TPSA) is 64.1 Å². The lowest BCUT2D eigenvalue weighted by Gasteiger charge is -2.12. The predicted octanol–water partition coefficient (Wildman–Crippen LogP) is 1.77. The lowest BCUT2D eigenvalue weighted by molar-refractivity contribution is 0.387. The van der Waals surface area contributed by atoms with Gasteiger partial charge in [-0.05, 0) is 12.5 Å². The molecule has 1 aromatic carbocycles. The van der Waals surface area contributed by atoms with Crippen LogP contribution in [0, 0.1) is 6.92 Å². The number of nitrogens with one attached hydrogen (secondary N) is 1. The third kappa shape index (κ3) is 3.41. The van der Waals surface area contributed by atoms with E-state index in [1.165, 1.54) is 0 Å². The van der Waals surface area contributed by atoms with Gasteiger partial charge in [-0.15, -0.1) is 0 Å². The highest BCUT2D eigenvalue weighted by Gasteiger charge is 2.05. The van der Waals surface area contributed by atoms with E-state index in [1.54, 1.807) is 0 Å². The van der Waals surface area contributed by atoms with Crippen molar-refractivity contribution >= 4 is 0 Å². The minimum atomic E-state index is 0.00389. The fraction of sp³-hybridized carbons (Fsp3) is 0.308. The molecule has 0 amide bonds. The molecule has 3 N–H and O–H groups in total. The summed E-state index contributed by atoms with van der Waals surface area (Å²) in [6.45, 7) is 3.28. The van der Waals surface area contributed by atoms with Crippen LogP contribution in [0.1, 0.15) is 23.1 Å². The van der Waals surface area contributed by atoms with Crippen LogP contribution in [0.4, 0.5) is 0 Å². The van der Waals surface area contributed by atoms with Gasteiger partial charge >= 0.3 is 0 Å². The number of aromatic nitrogens is 1. The Morgan fingerprint density at radius 1 is 1.35 bits per heavy atom. The Morgan fingerprint density at radius 3 is 2.76 bits per heavy atom. The maximum atomic E-state index is 6.06. The average Bonchev–Trinajstić information content (AvgIpc) is 2.76. The third-order valence-electron chi connectivity index (χ3n) is 2.57. The van der Waals surface area contributed by atoms with E-state index in [-0.39, 0.29) is 6.04 Å². The number of nitrogens with zero attached hydrogens (tertiary/aromatic N) is 1. The Bertz CT molecular complexity index is 453. The largest absolute Gasteiger partial charge is 0.361 e. The van der Waals surface area contributed by atoms with E-state index < -0.39 is 0 Å². The molecule has 2 aromatic rings. The quantitative estimate of drug-likeness (QED) is 0.823. The monoisotopic (exact) mass is 231 g/mol. The summed E-state index contributed by atoms with van der Waals surface area (Å²) < 4.78 is 4.99. The Hall–Kier alpha value is -1.65. The second kappa shape index (κ2) is 5.61. The van der Waals surface area contributed by atoms with Crippen molar-refractivity contribution in [3.63, 3.8) is 0 Å². The standard InChI is InChI=1S/C13H17N3O/c1-10-7-12(16-17-10)8-15-9-13(14)11-5-3-2-4-6-11/h2-7,13,15H,8-9,14H2,1H3. The van der Waals surface area contributed by atoms with E-state index in [0.29, 0.717) is 6.54 Å². The molecule has 0 saturated carbocycles. The third-order valence-corrected chi connectivity index (χ3v) is 2.57. The van der Waals surface area contributed by atoms with Gasteiger partial charge in [0, 0.05) is 25.2 Å². The van der Waals surface area contributed by atoms with Crippen LogP contribution in [0.25, 0.3) is 0 Å². The van der Waals surface area contributed by atoms with Gasteiger partial charge in [-0.3, -0.25) is 0 Å². The summed E-state index contributed by atoms with van der Waals surface area (Å²) in [6, 6.07) is 12.0. The number of aryl methyl sites for hydroxylation is 1. The van der Waals surface area contributed by atoms with Crippen molar-refractivity contribution in [1.29, 1.82) is 0 Å². The van der Waals surface area contributed by atoms with Gasteiger partial charge in [0.05, 0.1) is 5.69 Å². The summed E-state index contributed by atoms with van der Waals surface area (Å²) in [5.41, 5.74) is 8.10. The van der Waals surface area contributed by atoms with Crippen molar-refractivity contribution in [3.05, 3.63) is 53.4 Å². The molecule has 0 radical (unpaired) electrons. The molecule has 1 heterocycles. The van der Waals surface area contributed by atoms with Crippen molar-refractivity contribution in [3.8, 4) is 0 Å². The summed E-state index contributed by atoms with van der Waals surface area (Å²) in [5, 5.41) is 7.17. The molecule has 1 unspecified atom stereocenters. The molecule has 4 nitrogen and oxygen atoms in total. The van der Waals surface area contributed by atoms with Crippen LogP contribution in [-0.4, -0.2) is 11.7 Å². The molecule has 0 spiro atoms. The van der Waals surface area contributed by atoms with Gasteiger partial charge in [-0.1, -0.05) is 35.5 Å². The first-order chi connectivity index (χ1) is 8.25. The average molecular weight is 231 g/mol. The Morgan fingerprint density at radius 2 is 2.12 bits per heavy atom. The van der Waals surface area contributed by atoms with Gasteiger partial charge < -0.3 is 15.6 Å². The number of rotatable bonds is 5. The van der Waals surface area contributed by atoms with Gasteiger partial charge in [0.15, 0.2) is 0 Å². The molecule has 2 rings (SSSR count). The van der Waals surface area contributed by atoms with Gasteiger partial charge in [0.2, 0.25) is 0 Å². The fourth-order valence-corrected chi connectivity index (χ4v) is 1.68. The normalized spacial score (nSPS) is 12.6. The second-order valence-corrected chi connectivity index (χ2v) is 4.08. The zero-order valence-electron chi connectivity index (χ0n) is 9.89. The minimum Gasteiger partial charge on any atom is -0.361 e. The van der Waals surface area contributed by atoms with Crippen LogP contribution in [-0.2, 0) is 6.54 Å². The number of nitrogens with two attached hydrogens (primary N) is 1. The van der Waals surface area contributed by atoms with Crippen LogP contribution >= 0.6 is 0 Å². The maximum absolute atomic E-state index is 6.06. The van der Waals surface area contributed by atoms with E-state index in [2.05, 4.69) is 10.5 Å². The molecule has 0 aliphatic carbocycles. The highest BCUT2D eigenvalue weighted by atomic mass is 16.5. The summed E-state index contributed by atoms with van der Waals surface area (Å²) in [4.78, 5) is 0. The first kappa shape index (κ1) is 11.8. The van der Waals surface area contributed by atoms with E-state index in [0.717, 1.165) is 23.6 Å². The summed E-state index contributed by atoms with van der Waals surface area (Å²) in [6.07, 6.45) is 0. The predicted molar refractivity (Wildman–Crippen MR) is 66.3 cm³/mol. The van der Waals surface area contributed by atoms with Gasteiger partial charge in [-0.25, -0.2) is 0 Å². The van der Waals surface area contributed by atoms with Crippen LogP contribution in [0.5, 0.6) is 0 Å². The van der Waals surface area contributed by atoms with E-state index >= 15 is 0 Å². The molecular weight excluding hydrogens is 214 g/mol. The SMILES string of the molecule is Cc1cc(CNCC(N)c2ccccc2)no1. The number of hydrogen-bond donors (Lipinski definition) is 2. The van der Waals surface area contributed by atoms with E-state index in [4.69, 9.17) is 10.3 Å². The Balaban J connectivity index is 1.79. The molecule has 1 atom stereocenters. The van der Waals surface area contributed by atoms with E-state index in [9.17, 15) is 0 Å². The zero-order chi connectivity index (χ0) is 12.1. The molecule has 0 bridgehead atoms. The summed E-state index contributed by atoms with van der Waals surface area (Å²) in [7, 11) is 0. The van der Waals surface area contributed by atoms with Crippen LogP contribution in [0.2, 0.25) is 0 Å². The fourth-order valence-electron chi connectivity index (χ4n) is 1.68. The van der Waals surface area contributed by atoms with Crippen LogP contribution in [0.3, 0.4) is 0 Å². The summed E-state index contributed by atoms with van der Waals surface area (Å²) >= 11 is 0. The molecule has 0 fully saturated rings. The van der Waals surface area contributed by atoms with Gasteiger partial charge in [-0.2, -0.15) is 0 Å². The number of benzene rings is 1.